The van der Waals surface area contributed by atoms with Gasteiger partial charge in [0, 0.05) is 6.42 Å². The predicted molar refractivity (Wildman–Crippen MR) is 69.2 cm³/mol. The summed E-state index contributed by atoms with van der Waals surface area (Å²) in [7, 11) is 0. The Labute approximate surface area is 113 Å². The highest BCUT2D eigenvalue weighted by molar-refractivity contribution is 6.05. The van der Waals surface area contributed by atoms with E-state index in [0.717, 1.165) is 11.5 Å². The molecule has 0 spiro atoms. The van der Waals surface area contributed by atoms with Crippen LogP contribution in [0, 0.1) is 19.3 Å². The summed E-state index contributed by atoms with van der Waals surface area (Å²) in [5, 5.41) is 0. The van der Waals surface area contributed by atoms with Gasteiger partial charge in [0.1, 0.15) is 12.3 Å². The van der Waals surface area contributed by atoms with Gasteiger partial charge in [-0.1, -0.05) is 13.8 Å². The van der Waals surface area contributed by atoms with E-state index in [0.29, 0.717) is 25.2 Å². The van der Waals surface area contributed by atoms with Gasteiger partial charge in [0.25, 0.3) is 0 Å². The molecule has 0 saturated carbocycles. The van der Waals surface area contributed by atoms with Crippen LogP contribution in [-0.4, -0.2) is 21.7 Å². The molecule has 1 saturated heterocycles. The zero-order chi connectivity index (χ0) is 14.2. The fourth-order valence-electron chi connectivity index (χ4n) is 2.56. The summed E-state index contributed by atoms with van der Waals surface area (Å²) < 4.78 is 5.45. The van der Waals surface area contributed by atoms with Crippen LogP contribution in [0.15, 0.2) is 4.42 Å². The van der Waals surface area contributed by atoms with E-state index < -0.39 is 5.41 Å². The van der Waals surface area contributed by atoms with Crippen molar-refractivity contribution >= 4 is 11.8 Å². The molecular formula is C14H20N2O3. The zero-order valence-electron chi connectivity index (χ0n) is 11.9. The number of likely N-dealkylation sites (tertiary alicyclic amines) is 1. The molecule has 1 aromatic rings. The molecule has 0 aromatic carbocycles. The molecule has 0 aliphatic carbocycles. The zero-order valence-corrected chi connectivity index (χ0v) is 11.9. The molecule has 2 heterocycles. The average molecular weight is 264 g/mol. The molecule has 1 aliphatic heterocycles. The fraction of sp³-hybridized carbons (Fsp3) is 0.643. The van der Waals surface area contributed by atoms with Crippen LogP contribution in [0.2, 0.25) is 0 Å². The molecule has 1 aromatic heterocycles. The van der Waals surface area contributed by atoms with E-state index in [1.807, 2.05) is 27.7 Å². The van der Waals surface area contributed by atoms with Crippen LogP contribution in [0.1, 0.15) is 50.5 Å². The summed E-state index contributed by atoms with van der Waals surface area (Å²) in [6, 6.07) is 0. The number of oxazole rings is 1. The number of imide groups is 1. The Kier molecular flexibility index (Phi) is 3.47. The summed E-state index contributed by atoms with van der Waals surface area (Å²) in [6.07, 6.45) is 1.68. The maximum absolute atomic E-state index is 12.4. The van der Waals surface area contributed by atoms with Gasteiger partial charge in [0.05, 0.1) is 11.1 Å². The lowest BCUT2D eigenvalue weighted by molar-refractivity contribution is -0.142. The third-order valence-electron chi connectivity index (χ3n) is 4.21. The lowest BCUT2D eigenvalue weighted by Crippen LogP contribution is -2.34. The van der Waals surface area contributed by atoms with Crippen LogP contribution in [0.5, 0.6) is 0 Å². The van der Waals surface area contributed by atoms with E-state index in [-0.39, 0.29) is 18.4 Å². The van der Waals surface area contributed by atoms with Crippen molar-refractivity contribution in [2.75, 3.05) is 0 Å². The quantitative estimate of drug-likeness (QED) is 0.783. The largest absolute Gasteiger partial charge is 0.444 e. The van der Waals surface area contributed by atoms with E-state index in [9.17, 15) is 9.59 Å². The Balaban J connectivity index is 2.21. The minimum atomic E-state index is -0.520. The Bertz CT molecular complexity index is 495. The van der Waals surface area contributed by atoms with Gasteiger partial charge in [-0.25, -0.2) is 4.98 Å². The van der Waals surface area contributed by atoms with E-state index in [2.05, 4.69) is 4.98 Å². The van der Waals surface area contributed by atoms with Crippen molar-refractivity contribution in [3.8, 4) is 0 Å². The summed E-state index contributed by atoms with van der Waals surface area (Å²) in [6.45, 7) is 7.73. The first-order valence-corrected chi connectivity index (χ1v) is 6.71. The molecule has 1 aliphatic rings. The number of rotatable bonds is 4. The monoisotopic (exact) mass is 264 g/mol. The first-order chi connectivity index (χ1) is 8.93. The topological polar surface area (TPSA) is 63.4 Å². The second kappa shape index (κ2) is 4.79. The lowest BCUT2D eigenvalue weighted by Gasteiger charge is -2.22. The SMILES string of the molecule is CCC1(CC)CC(=O)N(Cc2nc(C)c(C)o2)C1=O. The molecular weight excluding hydrogens is 244 g/mol. The van der Waals surface area contributed by atoms with Crippen LogP contribution in [0.4, 0.5) is 0 Å². The van der Waals surface area contributed by atoms with Gasteiger partial charge in [-0.15, -0.1) is 0 Å². The van der Waals surface area contributed by atoms with Gasteiger partial charge in [0.15, 0.2) is 0 Å². The highest BCUT2D eigenvalue weighted by atomic mass is 16.4. The number of nitrogens with zero attached hydrogens (tertiary/aromatic N) is 2. The minimum Gasteiger partial charge on any atom is -0.444 e. The van der Waals surface area contributed by atoms with E-state index >= 15 is 0 Å². The second-order valence-corrected chi connectivity index (χ2v) is 5.20. The standard InChI is InChI=1S/C14H20N2O3/c1-5-14(6-2)7-12(17)16(13(14)18)8-11-15-9(3)10(4)19-11/h5-8H2,1-4H3. The number of aromatic nitrogens is 1. The highest BCUT2D eigenvalue weighted by Gasteiger charge is 2.49. The molecule has 1 fully saturated rings. The van der Waals surface area contributed by atoms with Gasteiger partial charge in [-0.2, -0.15) is 0 Å². The van der Waals surface area contributed by atoms with Crippen molar-refractivity contribution in [1.29, 1.82) is 0 Å². The van der Waals surface area contributed by atoms with Crippen molar-refractivity contribution in [2.45, 2.75) is 53.5 Å². The van der Waals surface area contributed by atoms with Gasteiger partial charge in [-0.05, 0) is 26.7 Å². The number of amides is 2. The van der Waals surface area contributed by atoms with Crippen molar-refractivity contribution in [3.05, 3.63) is 17.3 Å². The lowest BCUT2D eigenvalue weighted by atomic mass is 9.81. The van der Waals surface area contributed by atoms with E-state index in [1.165, 1.54) is 4.90 Å². The molecule has 19 heavy (non-hydrogen) atoms. The number of hydrogen-bond donors (Lipinski definition) is 0. The highest BCUT2D eigenvalue weighted by Crippen LogP contribution is 2.39. The third kappa shape index (κ3) is 2.17. The van der Waals surface area contributed by atoms with Gasteiger partial charge in [0.2, 0.25) is 17.7 Å². The van der Waals surface area contributed by atoms with Gasteiger partial charge < -0.3 is 4.42 Å². The molecule has 0 unspecified atom stereocenters. The molecule has 2 amide bonds. The van der Waals surface area contributed by atoms with Crippen molar-refractivity contribution < 1.29 is 14.0 Å². The Hall–Kier alpha value is -1.65. The van der Waals surface area contributed by atoms with Crippen LogP contribution in [0.3, 0.4) is 0 Å². The van der Waals surface area contributed by atoms with Crippen LogP contribution in [-0.2, 0) is 16.1 Å². The van der Waals surface area contributed by atoms with E-state index in [4.69, 9.17) is 4.42 Å². The normalized spacial score (nSPS) is 18.4. The fourth-order valence-corrected chi connectivity index (χ4v) is 2.56. The maximum atomic E-state index is 12.4. The summed E-state index contributed by atoms with van der Waals surface area (Å²) in [4.78, 5) is 30.0. The predicted octanol–water partition coefficient (Wildman–Crippen LogP) is 2.36. The molecule has 0 N–H and O–H groups in total. The van der Waals surface area contributed by atoms with E-state index in [1.54, 1.807) is 0 Å². The number of aryl methyl sites for hydroxylation is 2. The first kappa shape index (κ1) is 13.8. The van der Waals surface area contributed by atoms with Crippen LogP contribution < -0.4 is 0 Å². The summed E-state index contributed by atoms with van der Waals surface area (Å²) in [5.41, 5.74) is 0.277. The molecule has 5 nitrogen and oxygen atoms in total. The molecule has 0 atom stereocenters. The van der Waals surface area contributed by atoms with Crippen LogP contribution in [0.25, 0.3) is 0 Å². The Morgan fingerprint density at radius 3 is 2.32 bits per heavy atom. The minimum absolute atomic E-state index is 0.0870. The Morgan fingerprint density at radius 2 is 1.89 bits per heavy atom. The smallest absolute Gasteiger partial charge is 0.236 e. The molecule has 0 radical (unpaired) electrons. The van der Waals surface area contributed by atoms with Crippen molar-refractivity contribution in [3.63, 3.8) is 0 Å². The molecule has 5 heteroatoms. The van der Waals surface area contributed by atoms with Gasteiger partial charge >= 0.3 is 0 Å². The third-order valence-corrected chi connectivity index (χ3v) is 4.21. The molecule has 0 bridgehead atoms. The van der Waals surface area contributed by atoms with Crippen molar-refractivity contribution in [2.24, 2.45) is 5.41 Å². The summed E-state index contributed by atoms with van der Waals surface area (Å²) >= 11 is 0. The second-order valence-electron chi connectivity index (χ2n) is 5.20. The number of hydrogen-bond acceptors (Lipinski definition) is 4. The van der Waals surface area contributed by atoms with Gasteiger partial charge in [-0.3, -0.25) is 14.5 Å². The number of carbonyl (C=O) groups is 2. The Morgan fingerprint density at radius 1 is 1.26 bits per heavy atom. The molecule has 104 valence electrons. The molecule has 2 rings (SSSR count). The van der Waals surface area contributed by atoms with Crippen molar-refractivity contribution in [1.82, 2.24) is 9.88 Å². The summed E-state index contributed by atoms with van der Waals surface area (Å²) in [5.74, 6) is 0.948. The average Bonchev–Trinajstić information content (AvgIpc) is 2.82. The number of carbonyl (C=O) groups excluding carboxylic acids is 2. The van der Waals surface area contributed by atoms with Crippen LogP contribution >= 0.6 is 0 Å². The first-order valence-electron chi connectivity index (χ1n) is 6.71. The maximum Gasteiger partial charge on any atom is 0.236 e.